The highest BCUT2D eigenvalue weighted by Gasteiger charge is 2.42. The minimum absolute atomic E-state index is 0.0941. The van der Waals surface area contributed by atoms with Crippen molar-refractivity contribution in [2.24, 2.45) is 5.92 Å². The SMILES string of the molecule is C[C@@H]1CCCC[C@@H]1NC1=C(C(=O)N2CCOCC2)S(=O)(=O)c2ccccc21. The second-order valence-electron chi connectivity index (χ2n) is 7.62. The highest BCUT2D eigenvalue weighted by atomic mass is 32.2. The number of carbonyl (C=O) groups is 1. The first-order valence-corrected chi connectivity index (χ1v) is 11.2. The molecule has 0 unspecified atom stereocenters. The van der Waals surface area contributed by atoms with Crippen LogP contribution in [0, 0.1) is 5.92 Å². The summed E-state index contributed by atoms with van der Waals surface area (Å²) in [6.07, 6.45) is 4.43. The summed E-state index contributed by atoms with van der Waals surface area (Å²) in [5, 5.41) is 3.47. The Balaban J connectivity index is 1.77. The molecule has 0 spiro atoms. The highest BCUT2D eigenvalue weighted by molar-refractivity contribution is 7.97. The number of nitrogens with zero attached hydrogens (tertiary/aromatic N) is 1. The fourth-order valence-electron chi connectivity index (χ4n) is 4.27. The number of hydrogen-bond acceptors (Lipinski definition) is 5. The molecule has 1 aromatic carbocycles. The lowest BCUT2D eigenvalue weighted by Crippen LogP contribution is -2.43. The van der Waals surface area contributed by atoms with Gasteiger partial charge in [-0.3, -0.25) is 4.79 Å². The van der Waals surface area contributed by atoms with Crippen molar-refractivity contribution in [2.75, 3.05) is 26.3 Å². The summed E-state index contributed by atoms with van der Waals surface area (Å²) >= 11 is 0. The van der Waals surface area contributed by atoms with E-state index in [4.69, 9.17) is 4.74 Å². The first-order valence-electron chi connectivity index (χ1n) is 9.72. The van der Waals surface area contributed by atoms with Crippen LogP contribution >= 0.6 is 0 Å². The van der Waals surface area contributed by atoms with Crippen molar-refractivity contribution < 1.29 is 17.9 Å². The summed E-state index contributed by atoms with van der Waals surface area (Å²) in [6.45, 7) is 3.90. The average molecular weight is 391 g/mol. The summed E-state index contributed by atoms with van der Waals surface area (Å²) in [4.78, 5) is 14.9. The van der Waals surface area contributed by atoms with Gasteiger partial charge in [0.15, 0.2) is 4.91 Å². The molecular formula is C20H26N2O4S. The van der Waals surface area contributed by atoms with E-state index in [1.165, 1.54) is 6.42 Å². The number of hydrogen-bond donors (Lipinski definition) is 1. The summed E-state index contributed by atoms with van der Waals surface area (Å²) < 4.78 is 31.8. The Morgan fingerprint density at radius 1 is 1.15 bits per heavy atom. The van der Waals surface area contributed by atoms with E-state index in [0.29, 0.717) is 43.5 Å². The van der Waals surface area contributed by atoms with Gasteiger partial charge in [-0.2, -0.15) is 0 Å². The van der Waals surface area contributed by atoms with E-state index in [-0.39, 0.29) is 15.8 Å². The molecule has 6 nitrogen and oxygen atoms in total. The molecule has 1 saturated heterocycles. The third-order valence-corrected chi connectivity index (χ3v) is 7.73. The van der Waals surface area contributed by atoms with Gasteiger partial charge in [-0.05, 0) is 24.8 Å². The molecule has 4 rings (SSSR count). The summed E-state index contributed by atoms with van der Waals surface area (Å²) in [5.74, 6) is 0.0296. The number of rotatable bonds is 3. The summed E-state index contributed by atoms with van der Waals surface area (Å²) in [7, 11) is -3.83. The maximum Gasteiger partial charge on any atom is 0.268 e. The number of sulfone groups is 1. The highest BCUT2D eigenvalue weighted by Crippen LogP contribution is 2.40. The number of ether oxygens (including phenoxy) is 1. The molecule has 1 saturated carbocycles. The van der Waals surface area contributed by atoms with Crippen LogP contribution in [0.2, 0.25) is 0 Å². The van der Waals surface area contributed by atoms with Crippen molar-refractivity contribution in [3.63, 3.8) is 0 Å². The Kier molecular flexibility index (Phi) is 4.99. The first-order chi connectivity index (χ1) is 13.0. The molecule has 3 aliphatic rings. The summed E-state index contributed by atoms with van der Waals surface area (Å²) in [6, 6.07) is 7.10. The third kappa shape index (κ3) is 3.27. The van der Waals surface area contributed by atoms with Crippen LogP contribution in [-0.2, 0) is 19.4 Å². The van der Waals surface area contributed by atoms with Crippen LogP contribution in [0.15, 0.2) is 34.1 Å². The topological polar surface area (TPSA) is 75.7 Å². The number of nitrogens with one attached hydrogen (secondary N) is 1. The van der Waals surface area contributed by atoms with E-state index >= 15 is 0 Å². The number of amides is 1. The normalized spacial score (nSPS) is 27.4. The summed E-state index contributed by atoms with van der Waals surface area (Å²) in [5.41, 5.74) is 1.10. The van der Waals surface area contributed by atoms with Gasteiger partial charge in [0.05, 0.1) is 23.8 Å². The zero-order valence-corrected chi connectivity index (χ0v) is 16.4. The molecule has 1 aliphatic carbocycles. The molecule has 2 aliphatic heterocycles. The lowest BCUT2D eigenvalue weighted by atomic mass is 9.85. The molecular weight excluding hydrogens is 364 g/mol. The van der Waals surface area contributed by atoms with Crippen LogP contribution in [0.5, 0.6) is 0 Å². The largest absolute Gasteiger partial charge is 0.380 e. The standard InChI is InChI=1S/C20H26N2O4S/c1-14-6-2-4-8-16(14)21-18-15-7-3-5-9-17(15)27(24,25)19(18)20(23)22-10-12-26-13-11-22/h3,5,7,9,14,16,21H,2,4,6,8,10-13H2,1H3/t14-,16+/m1/s1. The van der Waals surface area contributed by atoms with Gasteiger partial charge in [-0.15, -0.1) is 0 Å². The van der Waals surface area contributed by atoms with E-state index in [1.54, 1.807) is 23.1 Å². The molecule has 7 heteroatoms. The first kappa shape index (κ1) is 18.5. The number of fused-ring (bicyclic) bond motifs is 1. The molecule has 1 aromatic rings. The molecule has 2 atom stereocenters. The molecule has 1 N–H and O–H groups in total. The van der Waals surface area contributed by atoms with Crippen LogP contribution in [-0.4, -0.2) is 51.6 Å². The quantitative estimate of drug-likeness (QED) is 0.856. The van der Waals surface area contributed by atoms with E-state index in [1.807, 2.05) is 6.07 Å². The van der Waals surface area contributed by atoms with E-state index in [2.05, 4.69) is 12.2 Å². The molecule has 27 heavy (non-hydrogen) atoms. The van der Waals surface area contributed by atoms with Crippen LogP contribution in [0.4, 0.5) is 0 Å². The number of benzene rings is 1. The van der Waals surface area contributed by atoms with Crippen molar-refractivity contribution in [3.05, 3.63) is 34.7 Å². The van der Waals surface area contributed by atoms with Crippen molar-refractivity contribution in [1.82, 2.24) is 10.2 Å². The van der Waals surface area contributed by atoms with Gasteiger partial charge in [-0.25, -0.2) is 8.42 Å². The number of morpholine rings is 1. The van der Waals surface area contributed by atoms with Crippen LogP contribution in [0.25, 0.3) is 5.70 Å². The lowest BCUT2D eigenvalue weighted by Gasteiger charge is -2.32. The average Bonchev–Trinajstić information content (AvgIpc) is 2.91. The molecule has 0 bridgehead atoms. The van der Waals surface area contributed by atoms with Gasteiger partial charge in [0.1, 0.15) is 0 Å². The van der Waals surface area contributed by atoms with Crippen molar-refractivity contribution >= 4 is 21.4 Å². The smallest absolute Gasteiger partial charge is 0.268 e. The Bertz CT molecular complexity index is 872. The maximum atomic E-state index is 13.2. The fourth-order valence-corrected chi connectivity index (χ4v) is 6.00. The molecule has 0 radical (unpaired) electrons. The second-order valence-corrected chi connectivity index (χ2v) is 9.48. The third-order valence-electron chi connectivity index (χ3n) is 5.88. The van der Waals surface area contributed by atoms with E-state index < -0.39 is 15.7 Å². The zero-order chi connectivity index (χ0) is 19.0. The minimum Gasteiger partial charge on any atom is -0.380 e. The molecule has 2 heterocycles. The van der Waals surface area contributed by atoms with Crippen molar-refractivity contribution in [1.29, 1.82) is 0 Å². The Labute approximate surface area is 160 Å². The minimum atomic E-state index is -3.83. The monoisotopic (exact) mass is 390 g/mol. The van der Waals surface area contributed by atoms with E-state index in [0.717, 1.165) is 19.3 Å². The van der Waals surface area contributed by atoms with E-state index in [9.17, 15) is 13.2 Å². The fraction of sp³-hybridized carbons (Fsp3) is 0.550. The van der Waals surface area contributed by atoms with Crippen molar-refractivity contribution in [2.45, 2.75) is 43.5 Å². The Morgan fingerprint density at radius 3 is 2.59 bits per heavy atom. The predicted octanol–water partition coefficient (Wildman–Crippen LogP) is 2.17. The van der Waals surface area contributed by atoms with Gasteiger partial charge in [0.25, 0.3) is 5.91 Å². The van der Waals surface area contributed by atoms with Crippen LogP contribution < -0.4 is 5.32 Å². The predicted molar refractivity (Wildman–Crippen MR) is 103 cm³/mol. The zero-order valence-electron chi connectivity index (χ0n) is 15.6. The molecule has 1 amide bonds. The van der Waals surface area contributed by atoms with Gasteiger partial charge in [-0.1, -0.05) is 38.0 Å². The second kappa shape index (κ2) is 7.28. The van der Waals surface area contributed by atoms with Crippen LogP contribution in [0.1, 0.15) is 38.2 Å². The molecule has 0 aromatic heterocycles. The lowest BCUT2D eigenvalue weighted by molar-refractivity contribution is -0.130. The maximum absolute atomic E-state index is 13.2. The Morgan fingerprint density at radius 2 is 1.85 bits per heavy atom. The molecule has 146 valence electrons. The van der Waals surface area contributed by atoms with Gasteiger partial charge in [0, 0.05) is 24.7 Å². The van der Waals surface area contributed by atoms with Gasteiger partial charge in [0.2, 0.25) is 9.84 Å². The van der Waals surface area contributed by atoms with Gasteiger partial charge < -0.3 is 15.0 Å². The van der Waals surface area contributed by atoms with Gasteiger partial charge >= 0.3 is 0 Å². The Hall–Kier alpha value is -1.86. The van der Waals surface area contributed by atoms with Crippen LogP contribution in [0.3, 0.4) is 0 Å². The number of carbonyl (C=O) groups excluding carboxylic acids is 1. The van der Waals surface area contributed by atoms with Crippen molar-refractivity contribution in [3.8, 4) is 0 Å². The molecule has 2 fully saturated rings.